The van der Waals surface area contributed by atoms with Gasteiger partial charge in [-0.25, -0.2) is 9.78 Å². The lowest BCUT2D eigenvalue weighted by molar-refractivity contribution is 0.141. The summed E-state index contributed by atoms with van der Waals surface area (Å²) < 4.78 is 6.42. The van der Waals surface area contributed by atoms with Gasteiger partial charge in [-0.15, -0.1) is 11.8 Å². The molecule has 1 amide bonds. The molecule has 0 spiro atoms. The highest BCUT2D eigenvalue weighted by molar-refractivity contribution is 9.10. The predicted octanol–water partition coefficient (Wildman–Crippen LogP) is 3.16. The third-order valence-electron chi connectivity index (χ3n) is 3.75. The third-order valence-corrected chi connectivity index (χ3v) is 5.25. The Hall–Kier alpha value is -2.00. The molecule has 2 N–H and O–H groups in total. The number of aromatic amines is 1. The minimum absolute atomic E-state index is 0.148. The summed E-state index contributed by atoms with van der Waals surface area (Å²) in [6.07, 6.45) is -1.03. The van der Waals surface area contributed by atoms with Crippen molar-refractivity contribution in [3.63, 3.8) is 0 Å². The van der Waals surface area contributed by atoms with Crippen molar-refractivity contribution >= 4 is 55.9 Å². The second kappa shape index (κ2) is 5.27. The van der Waals surface area contributed by atoms with Gasteiger partial charge in [-0.2, -0.15) is 0 Å². The first-order chi connectivity index (χ1) is 11.0. The lowest BCUT2D eigenvalue weighted by Crippen LogP contribution is -2.31. The number of aromatic nitrogens is 2. The Balaban J connectivity index is 1.95. The summed E-state index contributed by atoms with van der Waals surface area (Å²) in [7, 11) is 0. The molecule has 0 aliphatic carbocycles. The van der Waals surface area contributed by atoms with Crippen LogP contribution < -0.4 is 5.56 Å². The highest BCUT2D eigenvalue weighted by atomic mass is 79.9. The normalized spacial score (nSPS) is 18.1. The molecule has 3 heterocycles. The van der Waals surface area contributed by atoms with Gasteiger partial charge in [0, 0.05) is 15.6 Å². The van der Waals surface area contributed by atoms with Gasteiger partial charge in [0.15, 0.2) is 0 Å². The zero-order valence-corrected chi connectivity index (χ0v) is 14.0. The number of carboxylic acid groups (broad SMARTS) is 1. The molecule has 1 atom stereocenters. The molecule has 1 aliphatic rings. The Labute approximate surface area is 141 Å². The van der Waals surface area contributed by atoms with Crippen LogP contribution in [0.2, 0.25) is 0 Å². The smallest absolute Gasteiger partial charge is 0.408 e. The number of carbonyl (C=O) groups is 1. The van der Waals surface area contributed by atoms with Crippen LogP contribution in [-0.4, -0.2) is 37.7 Å². The van der Waals surface area contributed by atoms with Gasteiger partial charge in [0.1, 0.15) is 23.0 Å². The molecule has 2 aromatic heterocycles. The van der Waals surface area contributed by atoms with Crippen LogP contribution in [0.25, 0.3) is 22.1 Å². The highest BCUT2D eigenvalue weighted by Crippen LogP contribution is 2.33. The monoisotopic (exact) mass is 395 g/mol. The minimum atomic E-state index is -1.03. The summed E-state index contributed by atoms with van der Waals surface area (Å²) in [5, 5.41) is 9.98. The van der Waals surface area contributed by atoms with E-state index in [0.29, 0.717) is 33.9 Å². The molecule has 7 nitrogen and oxygen atoms in total. The van der Waals surface area contributed by atoms with Crippen molar-refractivity contribution in [1.29, 1.82) is 0 Å². The number of thioether (sulfide) groups is 1. The zero-order valence-electron chi connectivity index (χ0n) is 11.6. The number of fused-ring (bicyclic) bond motifs is 3. The molecule has 1 saturated heterocycles. The molecule has 0 bridgehead atoms. The van der Waals surface area contributed by atoms with Crippen molar-refractivity contribution in [3.8, 4) is 0 Å². The predicted molar refractivity (Wildman–Crippen MR) is 89.8 cm³/mol. The Morgan fingerprint density at radius 2 is 2.35 bits per heavy atom. The van der Waals surface area contributed by atoms with E-state index < -0.39 is 17.7 Å². The van der Waals surface area contributed by atoms with Crippen LogP contribution in [0.5, 0.6) is 0 Å². The van der Waals surface area contributed by atoms with Gasteiger partial charge in [0.25, 0.3) is 5.56 Å². The number of H-pyrrole nitrogens is 1. The molecule has 1 unspecified atom stereocenters. The second-order valence-corrected chi connectivity index (χ2v) is 7.05. The maximum Gasteiger partial charge on any atom is 0.408 e. The van der Waals surface area contributed by atoms with Crippen LogP contribution in [-0.2, 0) is 0 Å². The van der Waals surface area contributed by atoms with E-state index in [2.05, 4.69) is 25.9 Å². The fourth-order valence-corrected chi connectivity index (χ4v) is 4.17. The van der Waals surface area contributed by atoms with E-state index in [9.17, 15) is 14.7 Å². The summed E-state index contributed by atoms with van der Waals surface area (Å²) in [5.74, 6) is 1.26. The number of nitrogens with one attached hydrogen (secondary N) is 1. The number of nitrogens with zero attached hydrogens (tertiary/aromatic N) is 2. The van der Waals surface area contributed by atoms with E-state index in [1.165, 1.54) is 16.7 Å². The molecule has 4 rings (SSSR count). The lowest BCUT2D eigenvalue weighted by Gasteiger charge is -2.19. The van der Waals surface area contributed by atoms with Gasteiger partial charge in [-0.1, -0.05) is 15.9 Å². The van der Waals surface area contributed by atoms with Gasteiger partial charge >= 0.3 is 6.09 Å². The van der Waals surface area contributed by atoms with Crippen LogP contribution in [0.3, 0.4) is 0 Å². The van der Waals surface area contributed by atoms with Crippen molar-refractivity contribution in [3.05, 3.63) is 38.9 Å². The van der Waals surface area contributed by atoms with E-state index in [1.807, 2.05) is 12.1 Å². The minimum Gasteiger partial charge on any atom is -0.465 e. The number of hydrogen-bond donors (Lipinski definition) is 2. The van der Waals surface area contributed by atoms with E-state index in [4.69, 9.17) is 4.42 Å². The van der Waals surface area contributed by atoms with Crippen molar-refractivity contribution < 1.29 is 14.3 Å². The van der Waals surface area contributed by atoms with Crippen molar-refractivity contribution in [2.24, 2.45) is 0 Å². The Morgan fingerprint density at radius 1 is 1.52 bits per heavy atom. The number of hydrogen-bond acceptors (Lipinski definition) is 5. The first-order valence-corrected chi connectivity index (χ1v) is 8.68. The summed E-state index contributed by atoms with van der Waals surface area (Å²) >= 11 is 4.88. The van der Waals surface area contributed by atoms with Crippen LogP contribution in [0.4, 0.5) is 4.79 Å². The Bertz CT molecular complexity index is 999. The second-order valence-electron chi connectivity index (χ2n) is 5.14. The summed E-state index contributed by atoms with van der Waals surface area (Å²) in [6, 6.07) is 4.94. The summed E-state index contributed by atoms with van der Waals surface area (Å²) in [5.41, 5.74) is 0.755. The largest absolute Gasteiger partial charge is 0.465 e. The molecular weight excluding hydrogens is 386 g/mol. The van der Waals surface area contributed by atoms with Gasteiger partial charge < -0.3 is 14.5 Å². The fourth-order valence-electron chi connectivity index (χ4n) is 2.66. The van der Waals surface area contributed by atoms with Gasteiger partial charge in [0.2, 0.25) is 5.58 Å². The van der Waals surface area contributed by atoms with Gasteiger partial charge in [0.05, 0.1) is 5.88 Å². The average Bonchev–Trinajstić information content (AvgIpc) is 3.12. The lowest BCUT2D eigenvalue weighted by atomic mass is 10.2. The average molecular weight is 396 g/mol. The Kier molecular flexibility index (Phi) is 3.34. The highest BCUT2D eigenvalue weighted by Gasteiger charge is 2.32. The topological polar surface area (TPSA) is 99.4 Å². The number of halogens is 1. The molecule has 3 aromatic rings. The molecule has 9 heteroatoms. The quantitative estimate of drug-likeness (QED) is 0.656. The number of benzene rings is 1. The summed E-state index contributed by atoms with van der Waals surface area (Å²) in [6.45, 7) is 0. The van der Waals surface area contributed by atoms with Crippen LogP contribution in [0.1, 0.15) is 11.9 Å². The molecule has 1 aliphatic heterocycles. The maximum absolute atomic E-state index is 12.3. The van der Waals surface area contributed by atoms with Gasteiger partial charge in [-0.3, -0.25) is 9.69 Å². The fraction of sp³-hybridized carbons (Fsp3) is 0.214. The first-order valence-electron chi connectivity index (χ1n) is 6.74. The number of furan rings is 1. The van der Waals surface area contributed by atoms with E-state index in [1.54, 1.807) is 6.07 Å². The summed E-state index contributed by atoms with van der Waals surface area (Å²) in [4.78, 5) is 32.0. The standard InChI is InChI=1S/C14H10BrN3O4S/c15-6-1-2-9-7(3-6)10-11(22-9)13(19)17-12(16-10)8-4-23-5-18(8)14(20)21/h1-3,8H,4-5H2,(H,20,21)(H,16,17,19). The number of amides is 1. The Morgan fingerprint density at radius 3 is 3.13 bits per heavy atom. The third kappa shape index (κ3) is 2.31. The first kappa shape index (κ1) is 14.6. The van der Waals surface area contributed by atoms with Crippen LogP contribution in [0, 0.1) is 0 Å². The molecule has 23 heavy (non-hydrogen) atoms. The van der Waals surface area contributed by atoms with Crippen LogP contribution in [0.15, 0.2) is 31.9 Å². The van der Waals surface area contributed by atoms with E-state index in [0.717, 1.165) is 4.47 Å². The molecule has 1 fully saturated rings. The number of rotatable bonds is 1. The maximum atomic E-state index is 12.3. The van der Waals surface area contributed by atoms with E-state index in [-0.39, 0.29) is 5.58 Å². The molecule has 0 saturated carbocycles. The van der Waals surface area contributed by atoms with E-state index >= 15 is 0 Å². The SMILES string of the molecule is O=C(O)N1CSCC1c1nc2c(oc3ccc(Br)cc32)c(=O)[nH]1. The molecule has 0 radical (unpaired) electrons. The van der Waals surface area contributed by atoms with Gasteiger partial charge in [-0.05, 0) is 18.2 Å². The molecule has 118 valence electrons. The van der Waals surface area contributed by atoms with Crippen molar-refractivity contribution in [1.82, 2.24) is 14.9 Å². The molecule has 1 aromatic carbocycles. The zero-order chi connectivity index (χ0) is 16.1. The molecular formula is C14H10BrN3O4S. The van der Waals surface area contributed by atoms with Crippen LogP contribution >= 0.6 is 27.7 Å². The van der Waals surface area contributed by atoms with Crippen molar-refractivity contribution in [2.75, 3.05) is 11.6 Å². The van der Waals surface area contributed by atoms with Crippen molar-refractivity contribution in [2.45, 2.75) is 6.04 Å².